The fourth-order valence-corrected chi connectivity index (χ4v) is 2.57. The Balaban J connectivity index is 1.78. The van der Waals surface area contributed by atoms with Gasteiger partial charge in [0.25, 0.3) is 0 Å². The van der Waals surface area contributed by atoms with E-state index in [4.69, 9.17) is 16.0 Å². The Morgan fingerprint density at radius 3 is 2.67 bits per heavy atom. The third-order valence-corrected chi connectivity index (χ3v) is 3.69. The molecule has 0 saturated carbocycles. The number of hydrogen-bond acceptors (Lipinski definition) is 6. The van der Waals surface area contributed by atoms with E-state index in [1.807, 2.05) is 26.0 Å². The van der Waals surface area contributed by atoms with Gasteiger partial charge in [0.05, 0.1) is 6.04 Å². The largest absolute Gasteiger partial charge is 0.464 e. The second-order valence-corrected chi connectivity index (χ2v) is 5.57. The van der Waals surface area contributed by atoms with Crippen molar-refractivity contribution in [1.29, 1.82) is 0 Å². The van der Waals surface area contributed by atoms with Crippen LogP contribution < -0.4 is 10.2 Å². The van der Waals surface area contributed by atoms with Gasteiger partial charge in [-0.15, -0.1) is 0 Å². The molecule has 0 bridgehead atoms. The van der Waals surface area contributed by atoms with Crippen molar-refractivity contribution >= 4 is 23.5 Å². The summed E-state index contributed by atoms with van der Waals surface area (Å²) in [6, 6.07) is 3.84. The van der Waals surface area contributed by atoms with Gasteiger partial charge in [0, 0.05) is 13.1 Å². The lowest BCUT2D eigenvalue weighted by atomic mass is 10.2. The van der Waals surface area contributed by atoms with E-state index >= 15 is 0 Å². The smallest absolute Gasteiger partial charge is 0.231 e. The molecule has 3 rings (SSSR count). The number of anilines is 2. The van der Waals surface area contributed by atoms with Crippen LogP contribution in [0.2, 0.25) is 5.28 Å². The van der Waals surface area contributed by atoms with E-state index < -0.39 is 0 Å². The van der Waals surface area contributed by atoms with Crippen molar-refractivity contribution in [3.8, 4) is 0 Å². The molecule has 0 aliphatic carbocycles. The maximum Gasteiger partial charge on any atom is 0.231 e. The van der Waals surface area contributed by atoms with Gasteiger partial charge >= 0.3 is 0 Å². The van der Waals surface area contributed by atoms with Crippen molar-refractivity contribution < 1.29 is 4.42 Å². The minimum atomic E-state index is -0.0383. The summed E-state index contributed by atoms with van der Waals surface area (Å²) < 4.78 is 5.60. The second kappa shape index (κ2) is 5.89. The van der Waals surface area contributed by atoms with Crippen LogP contribution in [0.5, 0.6) is 0 Å². The van der Waals surface area contributed by atoms with E-state index in [2.05, 4.69) is 25.2 Å². The van der Waals surface area contributed by atoms with Crippen molar-refractivity contribution in [1.82, 2.24) is 15.0 Å². The molecule has 6 nitrogen and oxygen atoms in total. The average Bonchev–Trinajstić information content (AvgIpc) is 3.08. The molecule has 0 radical (unpaired) electrons. The number of halogens is 1. The summed E-state index contributed by atoms with van der Waals surface area (Å²) in [6.45, 7) is 5.84. The molecule has 1 aliphatic rings. The standard InChI is InChI=1S/C14H18ClN5O/c1-9-5-6-11(21-9)10(2)16-13-17-12(15)18-14(19-13)20-7-3-4-8-20/h5-6,10H,3-4,7-8H2,1-2H3,(H,16,17,18,19). The molecule has 3 heterocycles. The summed E-state index contributed by atoms with van der Waals surface area (Å²) in [5.41, 5.74) is 0. The first kappa shape index (κ1) is 14.1. The van der Waals surface area contributed by atoms with Gasteiger partial charge in [-0.2, -0.15) is 15.0 Å². The Morgan fingerprint density at radius 1 is 1.24 bits per heavy atom. The third-order valence-electron chi connectivity index (χ3n) is 3.52. The highest BCUT2D eigenvalue weighted by Crippen LogP contribution is 2.22. The molecule has 1 N–H and O–H groups in total. The maximum atomic E-state index is 6.01. The SMILES string of the molecule is Cc1ccc(C(C)Nc2nc(Cl)nc(N3CCCC3)n2)o1. The van der Waals surface area contributed by atoms with Crippen LogP contribution >= 0.6 is 11.6 Å². The molecule has 21 heavy (non-hydrogen) atoms. The summed E-state index contributed by atoms with van der Waals surface area (Å²) >= 11 is 6.01. The number of hydrogen-bond donors (Lipinski definition) is 1. The van der Waals surface area contributed by atoms with Crippen molar-refractivity contribution in [2.45, 2.75) is 32.7 Å². The molecule has 2 aromatic rings. The molecule has 1 unspecified atom stereocenters. The predicted octanol–water partition coefficient (Wildman–Crippen LogP) is 3.20. The van der Waals surface area contributed by atoms with Gasteiger partial charge in [0.15, 0.2) is 0 Å². The molecule has 0 spiro atoms. The van der Waals surface area contributed by atoms with E-state index in [1.165, 1.54) is 0 Å². The fourth-order valence-electron chi connectivity index (χ4n) is 2.41. The van der Waals surface area contributed by atoms with Crippen LogP contribution in [0.1, 0.15) is 37.3 Å². The zero-order valence-electron chi connectivity index (χ0n) is 12.1. The number of rotatable bonds is 4. The van der Waals surface area contributed by atoms with Crippen molar-refractivity contribution in [3.05, 3.63) is 28.9 Å². The molecular formula is C14H18ClN5O. The fraction of sp³-hybridized carbons (Fsp3) is 0.500. The zero-order valence-corrected chi connectivity index (χ0v) is 12.9. The summed E-state index contributed by atoms with van der Waals surface area (Å²) in [6.07, 6.45) is 2.32. The number of nitrogens with one attached hydrogen (secondary N) is 1. The lowest BCUT2D eigenvalue weighted by Gasteiger charge is -2.17. The van der Waals surface area contributed by atoms with Gasteiger partial charge in [0.1, 0.15) is 11.5 Å². The molecule has 2 aromatic heterocycles. The van der Waals surface area contributed by atoms with Gasteiger partial charge in [-0.05, 0) is 50.4 Å². The summed E-state index contributed by atoms with van der Waals surface area (Å²) in [4.78, 5) is 14.9. The number of furan rings is 1. The molecule has 1 atom stereocenters. The molecule has 0 amide bonds. The summed E-state index contributed by atoms with van der Waals surface area (Å²) in [5, 5.41) is 3.41. The Kier molecular flexibility index (Phi) is 3.96. The normalized spacial score (nSPS) is 16.2. The van der Waals surface area contributed by atoms with E-state index in [0.717, 1.165) is 37.5 Å². The lowest BCUT2D eigenvalue weighted by molar-refractivity contribution is 0.466. The first-order chi connectivity index (χ1) is 10.1. The van der Waals surface area contributed by atoms with Crippen LogP contribution in [-0.2, 0) is 0 Å². The van der Waals surface area contributed by atoms with Gasteiger partial charge in [-0.25, -0.2) is 0 Å². The van der Waals surface area contributed by atoms with Crippen molar-refractivity contribution in [2.24, 2.45) is 0 Å². The quantitative estimate of drug-likeness (QED) is 0.935. The Hall–Kier alpha value is -1.82. The van der Waals surface area contributed by atoms with Crippen LogP contribution in [0.4, 0.5) is 11.9 Å². The highest BCUT2D eigenvalue weighted by Gasteiger charge is 2.18. The summed E-state index contributed by atoms with van der Waals surface area (Å²) in [5.74, 6) is 2.83. The van der Waals surface area contributed by atoms with Crippen LogP contribution in [0.3, 0.4) is 0 Å². The lowest BCUT2D eigenvalue weighted by Crippen LogP contribution is -2.22. The van der Waals surface area contributed by atoms with Gasteiger partial charge in [-0.3, -0.25) is 0 Å². The van der Waals surface area contributed by atoms with Crippen LogP contribution in [-0.4, -0.2) is 28.0 Å². The van der Waals surface area contributed by atoms with Gasteiger partial charge in [0.2, 0.25) is 17.2 Å². The minimum Gasteiger partial charge on any atom is -0.464 e. The van der Waals surface area contributed by atoms with Crippen LogP contribution in [0, 0.1) is 6.92 Å². The maximum absolute atomic E-state index is 6.01. The first-order valence-corrected chi connectivity index (χ1v) is 7.49. The zero-order chi connectivity index (χ0) is 14.8. The summed E-state index contributed by atoms with van der Waals surface area (Å²) in [7, 11) is 0. The van der Waals surface area contributed by atoms with Gasteiger partial charge in [-0.1, -0.05) is 0 Å². The predicted molar refractivity (Wildman–Crippen MR) is 81.8 cm³/mol. The number of aromatic nitrogens is 3. The third kappa shape index (κ3) is 3.26. The van der Waals surface area contributed by atoms with E-state index in [0.29, 0.717) is 11.9 Å². The monoisotopic (exact) mass is 307 g/mol. The highest BCUT2D eigenvalue weighted by atomic mass is 35.5. The Labute approximate surface area is 128 Å². The van der Waals surface area contributed by atoms with Crippen molar-refractivity contribution in [3.63, 3.8) is 0 Å². The number of aryl methyl sites for hydroxylation is 1. The van der Waals surface area contributed by atoms with E-state index in [-0.39, 0.29) is 11.3 Å². The molecular weight excluding hydrogens is 290 g/mol. The topological polar surface area (TPSA) is 67.1 Å². The highest BCUT2D eigenvalue weighted by molar-refractivity contribution is 6.28. The molecule has 7 heteroatoms. The first-order valence-electron chi connectivity index (χ1n) is 7.11. The minimum absolute atomic E-state index is 0.0383. The molecule has 1 saturated heterocycles. The molecule has 0 aromatic carbocycles. The van der Waals surface area contributed by atoms with Crippen LogP contribution in [0.15, 0.2) is 16.5 Å². The number of nitrogens with zero attached hydrogens (tertiary/aromatic N) is 4. The second-order valence-electron chi connectivity index (χ2n) is 5.24. The van der Waals surface area contributed by atoms with Crippen LogP contribution in [0.25, 0.3) is 0 Å². The average molecular weight is 308 g/mol. The van der Waals surface area contributed by atoms with Gasteiger partial charge < -0.3 is 14.6 Å². The Morgan fingerprint density at radius 2 is 2.00 bits per heavy atom. The van der Waals surface area contributed by atoms with Crippen molar-refractivity contribution in [2.75, 3.05) is 23.3 Å². The molecule has 1 fully saturated rings. The Bertz CT molecular complexity index is 624. The van der Waals surface area contributed by atoms with E-state index in [1.54, 1.807) is 0 Å². The molecule has 112 valence electrons. The van der Waals surface area contributed by atoms with E-state index in [9.17, 15) is 0 Å². The molecule has 1 aliphatic heterocycles.